The third-order valence-corrected chi connectivity index (χ3v) is 2.38. The summed E-state index contributed by atoms with van der Waals surface area (Å²) < 4.78 is 17.9. The fourth-order valence-electron chi connectivity index (χ4n) is 1.49. The van der Waals surface area contributed by atoms with E-state index in [0.717, 1.165) is 6.07 Å². The van der Waals surface area contributed by atoms with Crippen LogP contribution < -0.4 is 5.32 Å². The predicted molar refractivity (Wildman–Crippen MR) is 63.2 cm³/mol. The fraction of sp³-hybridized carbons (Fsp3) is 0.0769. The summed E-state index contributed by atoms with van der Waals surface area (Å²) in [6.07, 6.45) is 0. The number of aromatic carboxylic acids is 1. The number of halogens is 1. The zero-order valence-electron chi connectivity index (χ0n) is 9.72. The smallest absolute Gasteiger partial charge is 0.371 e. The first-order valence-electron chi connectivity index (χ1n) is 5.42. The third kappa shape index (κ3) is 3.19. The second kappa shape index (κ2) is 5.34. The minimum absolute atomic E-state index is 0.0304. The molecular formula is C13H10FNO4. The van der Waals surface area contributed by atoms with Crippen molar-refractivity contribution in [3.8, 4) is 0 Å². The van der Waals surface area contributed by atoms with Crippen molar-refractivity contribution in [2.75, 3.05) is 0 Å². The molecule has 1 amide bonds. The number of hydrogen-bond acceptors (Lipinski definition) is 3. The first-order valence-corrected chi connectivity index (χ1v) is 5.42. The second-order valence-electron chi connectivity index (χ2n) is 3.76. The molecule has 0 atom stereocenters. The summed E-state index contributed by atoms with van der Waals surface area (Å²) in [5, 5.41) is 11.2. The molecule has 0 aliphatic rings. The van der Waals surface area contributed by atoms with E-state index in [0.29, 0.717) is 5.76 Å². The van der Waals surface area contributed by atoms with E-state index in [1.54, 1.807) is 0 Å². The number of carbonyl (C=O) groups excluding carboxylic acids is 1. The lowest BCUT2D eigenvalue weighted by Crippen LogP contribution is -2.22. The summed E-state index contributed by atoms with van der Waals surface area (Å²) in [6, 6.07) is 8.01. The first-order chi connectivity index (χ1) is 9.06. The number of carbonyl (C=O) groups is 2. The number of nitrogens with one attached hydrogen (secondary N) is 1. The molecule has 1 heterocycles. The number of rotatable bonds is 4. The van der Waals surface area contributed by atoms with E-state index in [4.69, 9.17) is 9.52 Å². The van der Waals surface area contributed by atoms with Gasteiger partial charge < -0.3 is 14.8 Å². The quantitative estimate of drug-likeness (QED) is 0.884. The number of hydrogen-bond donors (Lipinski definition) is 2. The van der Waals surface area contributed by atoms with Gasteiger partial charge in [-0.2, -0.15) is 0 Å². The topological polar surface area (TPSA) is 79.5 Å². The van der Waals surface area contributed by atoms with Crippen LogP contribution in [0.2, 0.25) is 0 Å². The van der Waals surface area contributed by atoms with Gasteiger partial charge in [0.1, 0.15) is 11.6 Å². The molecule has 19 heavy (non-hydrogen) atoms. The normalized spacial score (nSPS) is 10.2. The van der Waals surface area contributed by atoms with Gasteiger partial charge in [-0.3, -0.25) is 4.79 Å². The Morgan fingerprint density at radius 3 is 2.68 bits per heavy atom. The van der Waals surface area contributed by atoms with E-state index in [1.807, 2.05) is 0 Å². The molecule has 0 aliphatic heterocycles. The predicted octanol–water partition coefficient (Wildman–Crippen LogP) is 2.05. The van der Waals surface area contributed by atoms with Crippen molar-refractivity contribution in [1.29, 1.82) is 0 Å². The van der Waals surface area contributed by atoms with Crippen molar-refractivity contribution in [1.82, 2.24) is 5.32 Å². The molecular weight excluding hydrogens is 253 g/mol. The molecule has 98 valence electrons. The van der Waals surface area contributed by atoms with Crippen LogP contribution in [-0.4, -0.2) is 17.0 Å². The average Bonchev–Trinajstić information content (AvgIpc) is 2.85. The zero-order valence-corrected chi connectivity index (χ0v) is 9.72. The minimum atomic E-state index is -1.18. The Bertz CT molecular complexity index is 621. The Morgan fingerprint density at radius 1 is 1.26 bits per heavy atom. The molecule has 6 heteroatoms. The van der Waals surface area contributed by atoms with E-state index in [2.05, 4.69) is 5.32 Å². The maximum Gasteiger partial charge on any atom is 0.371 e. The van der Waals surface area contributed by atoms with Gasteiger partial charge >= 0.3 is 5.97 Å². The summed E-state index contributed by atoms with van der Waals surface area (Å²) in [5.41, 5.74) is 0.185. The molecule has 2 rings (SSSR count). The summed E-state index contributed by atoms with van der Waals surface area (Å²) in [7, 11) is 0. The van der Waals surface area contributed by atoms with Crippen molar-refractivity contribution in [3.05, 3.63) is 59.3 Å². The average molecular weight is 263 g/mol. The van der Waals surface area contributed by atoms with Crippen LogP contribution in [0, 0.1) is 5.82 Å². The molecule has 1 aromatic carbocycles. The molecule has 1 aromatic heterocycles. The number of benzene rings is 1. The van der Waals surface area contributed by atoms with Crippen molar-refractivity contribution in [2.45, 2.75) is 6.54 Å². The third-order valence-electron chi connectivity index (χ3n) is 2.38. The number of carboxylic acids is 1. The van der Waals surface area contributed by atoms with Crippen LogP contribution in [0.15, 0.2) is 40.8 Å². The van der Waals surface area contributed by atoms with Gasteiger partial charge in [-0.25, -0.2) is 9.18 Å². The van der Waals surface area contributed by atoms with E-state index < -0.39 is 17.7 Å². The van der Waals surface area contributed by atoms with E-state index in [9.17, 15) is 14.0 Å². The summed E-state index contributed by atoms with van der Waals surface area (Å²) in [5.74, 6) is -2.04. The van der Waals surface area contributed by atoms with Crippen LogP contribution in [-0.2, 0) is 6.54 Å². The van der Waals surface area contributed by atoms with Crippen molar-refractivity contribution in [3.63, 3.8) is 0 Å². The molecule has 0 radical (unpaired) electrons. The summed E-state index contributed by atoms with van der Waals surface area (Å²) in [6.45, 7) is 0.0304. The number of carboxylic acid groups (broad SMARTS) is 1. The van der Waals surface area contributed by atoms with E-state index in [-0.39, 0.29) is 17.9 Å². The van der Waals surface area contributed by atoms with Gasteiger partial charge in [-0.15, -0.1) is 0 Å². The molecule has 0 saturated carbocycles. The van der Waals surface area contributed by atoms with E-state index in [1.165, 1.54) is 30.3 Å². The highest BCUT2D eigenvalue weighted by atomic mass is 19.1. The maximum atomic E-state index is 12.9. The van der Waals surface area contributed by atoms with Gasteiger partial charge in [0.05, 0.1) is 6.54 Å². The Kier molecular flexibility index (Phi) is 3.61. The van der Waals surface area contributed by atoms with Gasteiger partial charge in [-0.05, 0) is 30.3 Å². The van der Waals surface area contributed by atoms with Crippen molar-refractivity contribution in [2.24, 2.45) is 0 Å². The summed E-state index contributed by atoms with van der Waals surface area (Å²) >= 11 is 0. The van der Waals surface area contributed by atoms with Crippen LogP contribution in [0.25, 0.3) is 0 Å². The first kappa shape index (κ1) is 12.8. The highest BCUT2D eigenvalue weighted by molar-refractivity contribution is 5.94. The lowest BCUT2D eigenvalue weighted by Gasteiger charge is -2.03. The number of amides is 1. The maximum absolute atomic E-state index is 12.9. The fourth-order valence-corrected chi connectivity index (χ4v) is 1.49. The molecule has 2 N–H and O–H groups in total. The lowest BCUT2D eigenvalue weighted by atomic mass is 10.2. The van der Waals surface area contributed by atoms with E-state index >= 15 is 0 Å². The lowest BCUT2D eigenvalue weighted by molar-refractivity contribution is 0.0660. The molecule has 0 saturated heterocycles. The highest BCUT2D eigenvalue weighted by Crippen LogP contribution is 2.08. The SMILES string of the molecule is O=C(NCc1ccc(C(=O)O)o1)c1cccc(F)c1. The van der Waals surface area contributed by atoms with Crippen LogP contribution in [0.4, 0.5) is 4.39 Å². The van der Waals surface area contributed by atoms with Gasteiger partial charge in [-0.1, -0.05) is 6.07 Å². The molecule has 0 bridgehead atoms. The number of furan rings is 1. The van der Waals surface area contributed by atoms with Crippen molar-refractivity contribution >= 4 is 11.9 Å². The van der Waals surface area contributed by atoms with Gasteiger partial charge in [0.2, 0.25) is 5.76 Å². The van der Waals surface area contributed by atoms with Crippen molar-refractivity contribution < 1.29 is 23.5 Å². The molecule has 2 aromatic rings. The Morgan fingerprint density at radius 2 is 2.05 bits per heavy atom. The highest BCUT2D eigenvalue weighted by Gasteiger charge is 2.10. The standard InChI is InChI=1S/C13H10FNO4/c14-9-3-1-2-8(6-9)12(16)15-7-10-4-5-11(19-10)13(17)18/h1-6H,7H2,(H,15,16)(H,17,18). The monoisotopic (exact) mass is 263 g/mol. The Hall–Kier alpha value is -2.63. The molecule has 5 nitrogen and oxygen atoms in total. The molecule has 0 aliphatic carbocycles. The van der Waals surface area contributed by atoms with Crippen LogP contribution >= 0.6 is 0 Å². The van der Waals surface area contributed by atoms with Gasteiger partial charge in [0.25, 0.3) is 5.91 Å². The Balaban J connectivity index is 1.98. The Labute approximate surface area is 107 Å². The van der Waals surface area contributed by atoms with Gasteiger partial charge in [0, 0.05) is 5.56 Å². The molecule has 0 fully saturated rings. The second-order valence-corrected chi connectivity index (χ2v) is 3.76. The molecule has 0 spiro atoms. The largest absolute Gasteiger partial charge is 0.475 e. The minimum Gasteiger partial charge on any atom is -0.475 e. The summed E-state index contributed by atoms with van der Waals surface area (Å²) in [4.78, 5) is 22.3. The van der Waals surface area contributed by atoms with Crippen LogP contribution in [0.1, 0.15) is 26.7 Å². The zero-order chi connectivity index (χ0) is 13.8. The van der Waals surface area contributed by atoms with Crippen LogP contribution in [0.5, 0.6) is 0 Å². The molecule has 0 unspecified atom stereocenters. The van der Waals surface area contributed by atoms with Crippen LogP contribution in [0.3, 0.4) is 0 Å². The van der Waals surface area contributed by atoms with Gasteiger partial charge in [0.15, 0.2) is 0 Å².